The van der Waals surface area contributed by atoms with Crippen LogP contribution in [0.4, 0.5) is 26.4 Å². The van der Waals surface area contributed by atoms with Crippen molar-refractivity contribution in [3.8, 4) is 5.75 Å². The molecule has 3 aliphatic rings. The Morgan fingerprint density at radius 1 is 1.10 bits per heavy atom. The number of anilines is 3. The number of benzene rings is 2. The normalized spacial score (nSPS) is 18.5. The van der Waals surface area contributed by atoms with Crippen molar-refractivity contribution in [1.29, 1.82) is 0 Å². The number of nitrogens with zero attached hydrogens (tertiary/aromatic N) is 5. The highest BCUT2D eigenvalue weighted by Crippen LogP contribution is 2.43. The van der Waals surface area contributed by atoms with Gasteiger partial charge in [0.25, 0.3) is 5.91 Å². The first kappa shape index (κ1) is 27.0. The van der Waals surface area contributed by atoms with Crippen molar-refractivity contribution in [3.63, 3.8) is 0 Å². The molecule has 0 radical (unpaired) electrons. The number of amides is 3. The predicted molar refractivity (Wildman–Crippen MR) is 156 cm³/mol. The third-order valence-corrected chi connectivity index (χ3v) is 8.62. The van der Waals surface area contributed by atoms with Gasteiger partial charge in [-0.25, -0.2) is 19.2 Å². The molecule has 1 fully saturated rings. The molecule has 9 nitrogen and oxygen atoms in total. The van der Waals surface area contributed by atoms with Gasteiger partial charge in [0.15, 0.2) is 0 Å². The first-order chi connectivity index (χ1) is 19.7. The van der Waals surface area contributed by atoms with E-state index in [9.17, 15) is 9.59 Å². The Morgan fingerprint density at radius 2 is 1.88 bits per heavy atom. The molecule has 3 aromatic rings. The van der Waals surface area contributed by atoms with E-state index in [1.807, 2.05) is 43.0 Å². The van der Waals surface area contributed by atoms with E-state index in [2.05, 4.69) is 20.2 Å². The number of ether oxygens (including phenoxy) is 1. The first-order valence-corrected chi connectivity index (χ1v) is 14.1. The molecule has 0 unspecified atom stereocenters. The van der Waals surface area contributed by atoms with Gasteiger partial charge in [-0.3, -0.25) is 4.79 Å². The van der Waals surface area contributed by atoms with Crippen molar-refractivity contribution in [3.05, 3.63) is 70.9 Å². The van der Waals surface area contributed by atoms with E-state index < -0.39 is 5.41 Å². The van der Waals surface area contributed by atoms with Gasteiger partial charge >= 0.3 is 6.03 Å². The summed E-state index contributed by atoms with van der Waals surface area (Å²) in [6, 6.07) is 11.0. The Morgan fingerprint density at radius 3 is 2.63 bits per heavy atom. The minimum atomic E-state index is -0.508. The lowest BCUT2D eigenvalue weighted by molar-refractivity contribution is 0.0981. The van der Waals surface area contributed by atoms with Gasteiger partial charge in [0, 0.05) is 55.0 Å². The standard InChI is InChI=1S/C31H35FN6O3/c1-19-5-8-25-27(28(19)32)31(2,3)17-38(25)29(39)24-16-26(34-18-33-24)36-12-10-21(11-13-36)37-14-9-20-15-22(41-4)6-7-23(20)35-30(37)40/h5-8,15-16,18,21H,9-14,17H2,1-4H3,(H,35,40). The number of aromatic nitrogens is 2. The summed E-state index contributed by atoms with van der Waals surface area (Å²) in [4.78, 5) is 41.2. The molecule has 4 heterocycles. The summed E-state index contributed by atoms with van der Waals surface area (Å²) in [7, 11) is 1.64. The maximum atomic E-state index is 15.1. The lowest BCUT2D eigenvalue weighted by atomic mass is 9.85. The van der Waals surface area contributed by atoms with Crippen molar-refractivity contribution in [2.24, 2.45) is 0 Å². The van der Waals surface area contributed by atoms with E-state index in [1.54, 1.807) is 31.1 Å². The summed E-state index contributed by atoms with van der Waals surface area (Å²) in [6.07, 6.45) is 3.74. The van der Waals surface area contributed by atoms with Crippen LogP contribution in [0.15, 0.2) is 42.7 Å². The van der Waals surface area contributed by atoms with Crippen LogP contribution in [0, 0.1) is 12.7 Å². The van der Waals surface area contributed by atoms with E-state index in [0.29, 0.717) is 48.8 Å². The highest BCUT2D eigenvalue weighted by Gasteiger charge is 2.41. The van der Waals surface area contributed by atoms with Crippen LogP contribution in [-0.4, -0.2) is 66.1 Å². The molecule has 0 saturated carbocycles. The molecule has 0 aliphatic carbocycles. The lowest BCUT2D eigenvalue weighted by Gasteiger charge is -2.38. The van der Waals surface area contributed by atoms with Gasteiger partial charge in [-0.05, 0) is 61.6 Å². The second kappa shape index (κ2) is 10.3. The average molecular weight is 559 g/mol. The van der Waals surface area contributed by atoms with Crippen molar-refractivity contribution >= 4 is 29.1 Å². The average Bonchev–Trinajstić information content (AvgIpc) is 3.14. The maximum absolute atomic E-state index is 15.1. The van der Waals surface area contributed by atoms with Crippen LogP contribution < -0.4 is 19.9 Å². The van der Waals surface area contributed by atoms with E-state index in [-0.39, 0.29) is 29.5 Å². The zero-order chi connectivity index (χ0) is 28.9. The van der Waals surface area contributed by atoms with Crippen LogP contribution in [0.1, 0.15) is 53.9 Å². The zero-order valence-corrected chi connectivity index (χ0v) is 23.9. The van der Waals surface area contributed by atoms with Gasteiger partial charge < -0.3 is 24.8 Å². The molecule has 1 aromatic heterocycles. The summed E-state index contributed by atoms with van der Waals surface area (Å²) in [5.74, 6) is 0.935. The zero-order valence-electron chi connectivity index (χ0n) is 23.9. The number of halogens is 1. The fourth-order valence-electron chi connectivity index (χ4n) is 6.37. The highest BCUT2D eigenvalue weighted by atomic mass is 19.1. The number of methoxy groups -OCH3 is 1. The van der Waals surface area contributed by atoms with Crippen LogP contribution in [0.5, 0.6) is 5.75 Å². The summed E-state index contributed by atoms with van der Waals surface area (Å²) in [5, 5.41) is 3.06. The lowest BCUT2D eigenvalue weighted by Crippen LogP contribution is -2.49. The Labute approximate surface area is 239 Å². The molecule has 10 heteroatoms. The number of carbonyl (C=O) groups is 2. The summed E-state index contributed by atoms with van der Waals surface area (Å²) in [5.41, 5.74) is 3.41. The largest absolute Gasteiger partial charge is 0.497 e. The van der Waals surface area contributed by atoms with Gasteiger partial charge in [-0.2, -0.15) is 0 Å². The predicted octanol–water partition coefficient (Wildman–Crippen LogP) is 4.93. The number of rotatable bonds is 4. The molecule has 3 amide bonds. The van der Waals surface area contributed by atoms with Crippen LogP contribution in [0.25, 0.3) is 0 Å². The number of hydrogen-bond donors (Lipinski definition) is 1. The van der Waals surface area contributed by atoms with Gasteiger partial charge in [0.05, 0.1) is 12.8 Å². The fourth-order valence-corrected chi connectivity index (χ4v) is 6.37. The summed E-state index contributed by atoms with van der Waals surface area (Å²) < 4.78 is 20.4. The van der Waals surface area contributed by atoms with Gasteiger partial charge in [-0.15, -0.1) is 0 Å². The van der Waals surface area contributed by atoms with E-state index in [4.69, 9.17) is 4.74 Å². The number of carbonyl (C=O) groups excluding carboxylic acids is 2. The minimum absolute atomic E-state index is 0.0808. The minimum Gasteiger partial charge on any atom is -0.497 e. The van der Waals surface area contributed by atoms with Crippen LogP contribution in [0.2, 0.25) is 0 Å². The summed E-state index contributed by atoms with van der Waals surface area (Å²) >= 11 is 0. The molecule has 0 atom stereocenters. The number of aryl methyl sites for hydroxylation is 1. The number of piperidine rings is 1. The van der Waals surface area contributed by atoms with Gasteiger partial charge in [-0.1, -0.05) is 19.9 Å². The Kier molecular flexibility index (Phi) is 6.79. The van der Waals surface area contributed by atoms with Crippen molar-refractivity contribution in [1.82, 2.24) is 14.9 Å². The maximum Gasteiger partial charge on any atom is 0.322 e. The summed E-state index contributed by atoms with van der Waals surface area (Å²) in [6.45, 7) is 8.06. The molecule has 1 N–H and O–H groups in total. The number of fused-ring (bicyclic) bond motifs is 2. The molecule has 0 spiro atoms. The Bertz CT molecular complexity index is 1520. The van der Waals surface area contributed by atoms with Crippen LogP contribution in [0.3, 0.4) is 0 Å². The third kappa shape index (κ3) is 4.85. The fraction of sp³-hybridized carbons (Fsp3) is 0.419. The van der Waals surface area contributed by atoms with Gasteiger partial charge in [0.1, 0.15) is 29.4 Å². The molecule has 2 aromatic carbocycles. The van der Waals surface area contributed by atoms with Crippen molar-refractivity contribution < 1.29 is 18.7 Å². The molecule has 3 aliphatic heterocycles. The van der Waals surface area contributed by atoms with Crippen LogP contribution >= 0.6 is 0 Å². The first-order valence-electron chi connectivity index (χ1n) is 14.1. The van der Waals surface area contributed by atoms with E-state index in [0.717, 1.165) is 36.3 Å². The molecule has 41 heavy (non-hydrogen) atoms. The van der Waals surface area contributed by atoms with E-state index in [1.165, 1.54) is 6.33 Å². The highest BCUT2D eigenvalue weighted by molar-refractivity contribution is 6.07. The van der Waals surface area contributed by atoms with Gasteiger partial charge in [0.2, 0.25) is 0 Å². The molecule has 214 valence electrons. The van der Waals surface area contributed by atoms with Crippen LogP contribution in [-0.2, 0) is 11.8 Å². The molecular weight excluding hydrogens is 523 g/mol. The SMILES string of the molecule is COc1ccc2c(c1)CCN(C1CCN(c3cc(C(=O)N4CC(C)(C)c5c4ccc(C)c5F)ncn3)CC1)C(=O)N2. The number of nitrogens with one attached hydrogen (secondary N) is 1. The van der Waals surface area contributed by atoms with E-state index >= 15 is 4.39 Å². The quantitative estimate of drug-likeness (QED) is 0.489. The van der Waals surface area contributed by atoms with Crippen molar-refractivity contribution in [2.45, 2.75) is 51.5 Å². The monoisotopic (exact) mass is 558 g/mol. The second-order valence-electron chi connectivity index (χ2n) is 11.7. The molecular formula is C31H35FN6O3. The Balaban J connectivity index is 1.14. The number of urea groups is 1. The third-order valence-electron chi connectivity index (χ3n) is 8.62. The molecule has 0 bridgehead atoms. The number of hydrogen-bond acceptors (Lipinski definition) is 6. The Hall–Kier alpha value is -4.21. The second-order valence-corrected chi connectivity index (χ2v) is 11.7. The smallest absolute Gasteiger partial charge is 0.322 e. The molecule has 6 rings (SSSR count). The molecule has 1 saturated heterocycles. The topological polar surface area (TPSA) is 90.9 Å². The van der Waals surface area contributed by atoms with Crippen molar-refractivity contribution in [2.75, 3.05) is 48.4 Å².